The van der Waals surface area contributed by atoms with Gasteiger partial charge < -0.3 is 30.5 Å². The molecule has 6 N–H and O–H groups in total. The Labute approximate surface area is 277 Å². The van der Waals surface area contributed by atoms with Crippen LogP contribution in [0.25, 0.3) is 0 Å². The van der Waals surface area contributed by atoms with Gasteiger partial charge in [-0.1, -0.05) is 32.1 Å². The number of aliphatic carboxylic acids is 1. The van der Waals surface area contributed by atoms with Crippen molar-refractivity contribution in [2.75, 3.05) is 49.8 Å². The fourth-order valence-corrected chi connectivity index (χ4v) is 7.13. The van der Waals surface area contributed by atoms with Gasteiger partial charge in [-0.3, -0.25) is 9.59 Å². The minimum Gasteiger partial charge on any atom is -0.480 e. The highest BCUT2D eigenvalue weighted by Crippen LogP contribution is 2.37. The lowest BCUT2D eigenvalue weighted by atomic mass is 9.96. The molecule has 2 rings (SSSR count). The Morgan fingerprint density at radius 1 is 0.851 bits per heavy atom. The summed E-state index contributed by atoms with van der Waals surface area (Å²) in [4.78, 5) is 31.6. The number of rotatable bonds is 19. The Bertz CT molecular complexity index is 1460. The van der Waals surface area contributed by atoms with E-state index in [9.17, 15) is 35.6 Å². The first kappa shape index (κ1) is 40.5. The lowest BCUT2D eigenvalue weighted by Gasteiger charge is -2.25. The number of carbonyl (C=O) groups is 3. The molecular weight excluding hydrogens is 694 g/mol. The maximum atomic E-state index is 15.5. The molecule has 1 saturated carbocycles. The quantitative estimate of drug-likeness (QED) is 0.0679. The van der Waals surface area contributed by atoms with E-state index in [0.717, 1.165) is 19.3 Å². The molecule has 0 radical (unpaired) electrons. The van der Waals surface area contributed by atoms with Crippen LogP contribution in [0.3, 0.4) is 0 Å². The number of benzene rings is 1. The van der Waals surface area contributed by atoms with E-state index < -0.39 is 94.8 Å². The number of carbonyl (C=O) groups excluding carboxylic acids is 2. The van der Waals surface area contributed by atoms with Gasteiger partial charge in [0.1, 0.15) is 10.9 Å². The predicted molar refractivity (Wildman–Crippen MR) is 167 cm³/mol. The Morgan fingerprint density at radius 3 is 2.00 bits per heavy atom. The third-order valence-corrected chi connectivity index (χ3v) is 10.2. The number of hydrogen-bond donors (Lipinski definition) is 6. The van der Waals surface area contributed by atoms with E-state index in [2.05, 4.69) is 28.6 Å². The number of primary sulfonamides is 1. The number of thiol groups is 1. The molecule has 0 heterocycles. The summed E-state index contributed by atoms with van der Waals surface area (Å²) >= 11 is 3.84. The number of sulfone groups is 1. The SMILES string of the molecule is NS(=O)(=O)c1c(F)c(F)c(S(=O)(=O)CCC(=O)NCCOCCOCCC(=O)N[C@@H](CS)C(=O)O)c(NC2CCCCCCC2)c1F. The zero-order chi connectivity index (χ0) is 35.2. The topological polar surface area (TPSA) is 220 Å². The first-order valence-corrected chi connectivity index (χ1v) is 18.7. The van der Waals surface area contributed by atoms with E-state index in [1.807, 2.05) is 0 Å². The zero-order valence-electron chi connectivity index (χ0n) is 25.6. The first-order chi connectivity index (χ1) is 22.1. The molecule has 268 valence electrons. The van der Waals surface area contributed by atoms with Crippen molar-refractivity contribution in [1.29, 1.82) is 0 Å². The molecule has 0 spiro atoms. The van der Waals surface area contributed by atoms with Crippen LogP contribution in [-0.2, 0) is 43.7 Å². The van der Waals surface area contributed by atoms with Gasteiger partial charge in [0.15, 0.2) is 32.2 Å². The number of nitrogens with two attached hydrogens (primary N) is 1. The molecule has 1 aromatic carbocycles. The maximum Gasteiger partial charge on any atom is 0.327 e. The van der Waals surface area contributed by atoms with Crippen LogP contribution in [-0.4, -0.2) is 96.3 Å². The Hall–Kier alpha value is -2.65. The minimum absolute atomic E-state index is 0.00361. The number of halogens is 3. The summed E-state index contributed by atoms with van der Waals surface area (Å²) in [5.74, 6) is -9.92. The molecule has 0 aliphatic heterocycles. The maximum absolute atomic E-state index is 15.5. The zero-order valence-corrected chi connectivity index (χ0v) is 28.1. The second-order valence-electron chi connectivity index (χ2n) is 10.7. The van der Waals surface area contributed by atoms with E-state index in [1.54, 1.807) is 0 Å². The fraction of sp³-hybridized carbons (Fsp3) is 0.667. The van der Waals surface area contributed by atoms with Gasteiger partial charge in [-0.05, 0) is 12.8 Å². The smallest absolute Gasteiger partial charge is 0.327 e. The standard InChI is InChI=1S/C27H41F3N4O10S3/c28-21-22(29)26(24(23(30)25(21)47(31,41)42)33-17-6-4-2-1-3-5-7-17)46(39,40)15-9-19(35)32-10-12-44-14-13-43-11-8-20(36)34-18(16-45)27(37)38/h17-18,33,45H,1-16H2,(H,32,35)(H,34,36)(H,37,38)(H2,31,41,42)/t18-/m0/s1. The van der Waals surface area contributed by atoms with Gasteiger partial charge in [-0.15, -0.1) is 0 Å². The second kappa shape index (κ2) is 19.4. The van der Waals surface area contributed by atoms with Crippen molar-refractivity contribution in [3.05, 3.63) is 17.5 Å². The van der Waals surface area contributed by atoms with Crippen LogP contribution in [0.1, 0.15) is 57.8 Å². The molecule has 1 atom stereocenters. The van der Waals surface area contributed by atoms with Crippen LogP contribution in [0.2, 0.25) is 0 Å². The van der Waals surface area contributed by atoms with Gasteiger partial charge >= 0.3 is 5.97 Å². The third-order valence-electron chi connectivity index (χ3n) is 7.11. The van der Waals surface area contributed by atoms with Crippen molar-refractivity contribution >= 4 is 56.0 Å². The predicted octanol–water partition coefficient (Wildman–Crippen LogP) is 1.48. The van der Waals surface area contributed by atoms with Gasteiger partial charge in [0.05, 0.1) is 37.9 Å². The largest absolute Gasteiger partial charge is 0.480 e. The summed E-state index contributed by atoms with van der Waals surface area (Å²) in [5, 5.41) is 21.1. The number of anilines is 1. The molecule has 0 bridgehead atoms. The van der Waals surface area contributed by atoms with Gasteiger partial charge in [0.2, 0.25) is 21.8 Å². The fourth-order valence-electron chi connectivity index (χ4n) is 4.71. The molecule has 47 heavy (non-hydrogen) atoms. The Kier molecular flexibility index (Phi) is 16.7. The van der Waals surface area contributed by atoms with Gasteiger partial charge in [-0.2, -0.15) is 12.6 Å². The molecule has 0 aromatic heterocycles. The Balaban J connectivity index is 1.92. The third kappa shape index (κ3) is 13.1. The summed E-state index contributed by atoms with van der Waals surface area (Å²) < 4.78 is 106. The highest BCUT2D eigenvalue weighted by molar-refractivity contribution is 7.91. The molecule has 2 amide bonds. The molecule has 1 fully saturated rings. The number of hydrogen-bond acceptors (Lipinski definition) is 11. The molecule has 1 aliphatic carbocycles. The van der Waals surface area contributed by atoms with Crippen molar-refractivity contribution in [2.24, 2.45) is 5.14 Å². The van der Waals surface area contributed by atoms with E-state index in [-0.39, 0.29) is 45.1 Å². The number of nitrogens with one attached hydrogen (secondary N) is 3. The van der Waals surface area contributed by atoms with E-state index in [1.165, 1.54) is 0 Å². The van der Waals surface area contributed by atoms with E-state index in [4.69, 9.17) is 19.7 Å². The lowest BCUT2D eigenvalue weighted by molar-refractivity contribution is -0.141. The Morgan fingerprint density at radius 2 is 1.43 bits per heavy atom. The van der Waals surface area contributed by atoms with Crippen LogP contribution in [0, 0.1) is 17.5 Å². The van der Waals surface area contributed by atoms with Crippen LogP contribution in [0.4, 0.5) is 18.9 Å². The monoisotopic (exact) mass is 734 g/mol. The van der Waals surface area contributed by atoms with E-state index in [0.29, 0.717) is 25.7 Å². The van der Waals surface area contributed by atoms with Gasteiger partial charge in [0.25, 0.3) is 0 Å². The van der Waals surface area contributed by atoms with Gasteiger partial charge in [-0.25, -0.2) is 39.9 Å². The highest BCUT2D eigenvalue weighted by Gasteiger charge is 2.37. The second-order valence-corrected chi connectivity index (χ2v) is 14.7. The van der Waals surface area contributed by atoms with Crippen molar-refractivity contribution in [1.82, 2.24) is 10.6 Å². The molecule has 1 aliphatic rings. The normalized spacial score (nSPS) is 15.3. The number of sulfonamides is 1. The van der Waals surface area contributed by atoms with E-state index >= 15 is 8.78 Å². The summed E-state index contributed by atoms with van der Waals surface area (Å²) in [6.07, 6.45) is 4.16. The first-order valence-electron chi connectivity index (χ1n) is 14.9. The molecule has 1 aromatic rings. The summed E-state index contributed by atoms with van der Waals surface area (Å²) in [6.45, 7) is 0.0731. The highest BCUT2D eigenvalue weighted by atomic mass is 32.2. The van der Waals surface area contributed by atoms with Crippen LogP contribution >= 0.6 is 12.6 Å². The number of carboxylic acids is 1. The average molecular weight is 735 g/mol. The molecule has 0 saturated heterocycles. The summed E-state index contributed by atoms with van der Waals surface area (Å²) in [7, 11) is -10.0. The van der Waals surface area contributed by atoms with Crippen molar-refractivity contribution in [3.8, 4) is 0 Å². The van der Waals surface area contributed by atoms with Crippen LogP contribution in [0.5, 0.6) is 0 Å². The molecular formula is C27H41F3N4O10S3. The molecule has 0 unspecified atom stereocenters. The minimum atomic E-state index is -5.13. The van der Waals surface area contributed by atoms with Crippen molar-refractivity contribution < 1.29 is 59.0 Å². The number of amides is 2. The van der Waals surface area contributed by atoms with Crippen LogP contribution < -0.4 is 21.1 Å². The summed E-state index contributed by atoms with van der Waals surface area (Å²) in [5.41, 5.74) is -1.04. The lowest BCUT2D eigenvalue weighted by Crippen LogP contribution is -2.42. The molecule has 14 nitrogen and oxygen atoms in total. The number of ether oxygens (including phenoxy) is 2. The van der Waals surface area contributed by atoms with Crippen LogP contribution in [0.15, 0.2) is 9.79 Å². The van der Waals surface area contributed by atoms with Gasteiger partial charge in [0, 0.05) is 31.2 Å². The van der Waals surface area contributed by atoms with Crippen molar-refractivity contribution in [2.45, 2.75) is 79.7 Å². The summed E-state index contributed by atoms with van der Waals surface area (Å²) in [6, 6.07) is -1.67. The number of carboxylic acid groups (broad SMARTS) is 1. The van der Waals surface area contributed by atoms with Crippen molar-refractivity contribution in [3.63, 3.8) is 0 Å². The average Bonchev–Trinajstić information content (AvgIpc) is 2.97. The molecule has 20 heteroatoms.